The molecule has 5 fully saturated rings. The number of nitrogens with zero attached hydrogens (tertiary/aromatic N) is 8. The molecule has 0 radical (unpaired) electrons. The quantitative estimate of drug-likeness (QED) is 0.357. The molecular weight excluding hydrogens is 648 g/mol. The standard InChI is InChI=1S/C35H47F2N9O4/c1-34(2,3)50-33(48)43-20-35(21-43)9-12-42(13-10-35)16-22-4-6-23(7-5-22)46-18-27(29(41-46)30(36)37)39-32(47)26-15-38-45-11-8-28(40-31(26)45)44-17-25-14-24(44)19-49-25/h8,11,15,18,22-25,30H,4-7,9-10,12-14,16-17,19-21H2,1-3H3,(H,39,47)/t22?,23?,24-,25-/m1/s1. The molecule has 2 bridgehead atoms. The molecule has 1 N–H and O–H groups in total. The van der Waals surface area contributed by atoms with Crippen molar-refractivity contribution in [1.29, 1.82) is 0 Å². The van der Waals surface area contributed by atoms with Crippen molar-refractivity contribution >= 4 is 29.2 Å². The monoisotopic (exact) mass is 695 g/mol. The van der Waals surface area contributed by atoms with Gasteiger partial charge in [-0.05, 0) is 90.8 Å². The normalized spacial score (nSPS) is 26.6. The van der Waals surface area contributed by atoms with Gasteiger partial charge in [0.05, 0.1) is 36.7 Å². The Morgan fingerprint density at radius 1 is 1.12 bits per heavy atom. The molecule has 1 spiro atoms. The van der Waals surface area contributed by atoms with Crippen LogP contribution in [0.3, 0.4) is 0 Å². The molecule has 3 aromatic heterocycles. The first kappa shape index (κ1) is 33.3. The van der Waals surface area contributed by atoms with Gasteiger partial charge in [-0.2, -0.15) is 10.2 Å². The Morgan fingerprint density at radius 2 is 1.88 bits per heavy atom. The van der Waals surface area contributed by atoms with Gasteiger partial charge in [-0.3, -0.25) is 9.48 Å². The number of ether oxygens (including phenoxy) is 2. The first-order valence-corrected chi connectivity index (χ1v) is 18.0. The minimum absolute atomic E-state index is 0.00573. The molecule has 13 nitrogen and oxygen atoms in total. The van der Waals surface area contributed by atoms with Gasteiger partial charge in [0.25, 0.3) is 12.3 Å². The summed E-state index contributed by atoms with van der Waals surface area (Å²) in [7, 11) is 0. The minimum atomic E-state index is -2.83. The van der Waals surface area contributed by atoms with E-state index in [-0.39, 0.29) is 40.9 Å². The molecule has 1 aliphatic carbocycles. The summed E-state index contributed by atoms with van der Waals surface area (Å²) in [6.07, 6.45) is 8.68. The lowest BCUT2D eigenvalue weighted by atomic mass is 9.72. The molecule has 2 amide bonds. The van der Waals surface area contributed by atoms with Gasteiger partial charge in [0, 0.05) is 44.0 Å². The Bertz CT molecular complexity index is 1730. The van der Waals surface area contributed by atoms with E-state index in [1.807, 2.05) is 31.7 Å². The summed E-state index contributed by atoms with van der Waals surface area (Å²) in [6, 6.07) is 2.12. The highest BCUT2D eigenvalue weighted by Gasteiger charge is 2.48. The Labute approximate surface area is 290 Å². The summed E-state index contributed by atoms with van der Waals surface area (Å²) >= 11 is 0. The molecule has 1 saturated carbocycles. The number of carbonyl (C=O) groups is 2. The fraction of sp³-hybridized carbons (Fsp3) is 0.686. The zero-order valence-corrected chi connectivity index (χ0v) is 29.1. The van der Waals surface area contributed by atoms with Crippen molar-refractivity contribution in [2.24, 2.45) is 11.3 Å². The number of likely N-dealkylation sites (tertiary alicyclic amines) is 2. The second kappa shape index (κ2) is 12.7. The SMILES string of the molecule is CC(C)(C)OC(=O)N1CC2(CCN(CC3CCC(n4cc(NC(=O)c5cnn6ccc(N7C[C@H]8C[C@@H]7CO8)nc56)c(C(F)F)n4)CC3)CC2)C1. The van der Waals surface area contributed by atoms with Crippen LogP contribution in [0.4, 0.5) is 25.1 Å². The largest absolute Gasteiger partial charge is 0.444 e. The molecule has 270 valence electrons. The third-order valence-electron chi connectivity index (χ3n) is 11.3. The molecular formula is C35H47F2N9O4. The van der Waals surface area contributed by atoms with E-state index in [2.05, 4.69) is 25.3 Å². The first-order chi connectivity index (χ1) is 23.9. The Hall–Kier alpha value is -3.85. The molecule has 5 aliphatic rings. The van der Waals surface area contributed by atoms with Gasteiger partial charge in [0.1, 0.15) is 17.0 Å². The van der Waals surface area contributed by atoms with Crippen LogP contribution in [0.15, 0.2) is 24.7 Å². The highest BCUT2D eigenvalue weighted by Crippen LogP contribution is 2.42. The summed E-state index contributed by atoms with van der Waals surface area (Å²) in [5, 5.41) is 11.2. The number of fused-ring (bicyclic) bond motifs is 3. The average molecular weight is 696 g/mol. The van der Waals surface area contributed by atoms with E-state index < -0.39 is 23.6 Å². The van der Waals surface area contributed by atoms with Crippen molar-refractivity contribution in [2.45, 2.75) is 95.9 Å². The third kappa shape index (κ3) is 6.54. The first-order valence-electron chi connectivity index (χ1n) is 18.0. The lowest BCUT2D eigenvalue weighted by Crippen LogP contribution is -2.62. The third-order valence-corrected chi connectivity index (χ3v) is 11.3. The lowest BCUT2D eigenvalue weighted by molar-refractivity contribution is -0.0610. The molecule has 0 unspecified atom stereocenters. The number of rotatable bonds is 7. The molecule has 4 aliphatic heterocycles. The van der Waals surface area contributed by atoms with Gasteiger partial charge in [-0.1, -0.05) is 0 Å². The number of hydrogen-bond donors (Lipinski definition) is 1. The van der Waals surface area contributed by atoms with Crippen LogP contribution in [0.2, 0.25) is 0 Å². The number of piperidine rings is 1. The Morgan fingerprint density at radius 3 is 2.54 bits per heavy atom. The van der Waals surface area contributed by atoms with Crippen LogP contribution in [-0.2, 0) is 9.47 Å². The number of morpholine rings is 1. The van der Waals surface area contributed by atoms with Crippen molar-refractivity contribution in [1.82, 2.24) is 34.2 Å². The molecule has 15 heteroatoms. The Kier molecular flexibility index (Phi) is 8.48. The molecule has 0 aromatic carbocycles. The van der Waals surface area contributed by atoms with Crippen LogP contribution >= 0.6 is 0 Å². The number of amides is 2. The van der Waals surface area contributed by atoms with E-state index in [4.69, 9.17) is 14.5 Å². The molecule has 2 atom stereocenters. The highest BCUT2D eigenvalue weighted by atomic mass is 19.3. The minimum Gasteiger partial charge on any atom is -0.444 e. The van der Waals surface area contributed by atoms with Crippen LogP contribution in [-0.4, -0.2) is 110 Å². The Balaban J connectivity index is 0.849. The maximum Gasteiger partial charge on any atom is 0.410 e. The summed E-state index contributed by atoms with van der Waals surface area (Å²) in [6.45, 7) is 11.7. The van der Waals surface area contributed by atoms with Gasteiger partial charge in [0.15, 0.2) is 11.3 Å². The van der Waals surface area contributed by atoms with Crippen LogP contribution in [0.25, 0.3) is 5.65 Å². The van der Waals surface area contributed by atoms with Gasteiger partial charge in [-0.15, -0.1) is 0 Å². The molecule has 7 heterocycles. The van der Waals surface area contributed by atoms with E-state index >= 15 is 0 Å². The van der Waals surface area contributed by atoms with Crippen molar-refractivity contribution in [3.63, 3.8) is 0 Å². The van der Waals surface area contributed by atoms with Gasteiger partial charge >= 0.3 is 6.09 Å². The highest BCUT2D eigenvalue weighted by molar-refractivity contribution is 6.08. The van der Waals surface area contributed by atoms with Crippen LogP contribution < -0.4 is 10.2 Å². The number of aromatic nitrogens is 5. The average Bonchev–Trinajstić information content (AvgIpc) is 3.87. The number of alkyl halides is 2. The number of carbonyl (C=O) groups excluding carboxylic acids is 2. The van der Waals surface area contributed by atoms with E-state index in [0.29, 0.717) is 18.2 Å². The lowest BCUT2D eigenvalue weighted by Gasteiger charge is -2.54. The van der Waals surface area contributed by atoms with E-state index in [1.54, 1.807) is 17.1 Å². The molecule has 3 aromatic rings. The smallest absolute Gasteiger partial charge is 0.410 e. The predicted octanol–water partition coefficient (Wildman–Crippen LogP) is 5.16. The summed E-state index contributed by atoms with van der Waals surface area (Å²) < 4.78 is 42.8. The topological polar surface area (TPSA) is 122 Å². The van der Waals surface area contributed by atoms with Crippen molar-refractivity contribution < 1.29 is 27.8 Å². The second-order valence-corrected chi connectivity index (χ2v) is 16.1. The van der Waals surface area contributed by atoms with Crippen molar-refractivity contribution in [3.8, 4) is 0 Å². The van der Waals surface area contributed by atoms with Gasteiger partial charge in [0.2, 0.25) is 0 Å². The summed E-state index contributed by atoms with van der Waals surface area (Å²) in [5.41, 5.74) is -0.0991. The number of halogens is 2. The van der Waals surface area contributed by atoms with E-state index in [0.717, 1.165) is 90.0 Å². The summed E-state index contributed by atoms with van der Waals surface area (Å²) in [5.74, 6) is 0.734. The van der Waals surface area contributed by atoms with E-state index in [1.165, 1.54) is 10.7 Å². The van der Waals surface area contributed by atoms with Gasteiger partial charge < -0.3 is 29.5 Å². The van der Waals surface area contributed by atoms with Gasteiger partial charge in [-0.25, -0.2) is 23.1 Å². The summed E-state index contributed by atoms with van der Waals surface area (Å²) in [4.78, 5) is 37.2. The van der Waals surface area contributed by atoms with Crippen LogP contribution in [0, 0.1) is 11.3 Å². The maximum atomic E-state index is 14.2. The number of anilines is 2. The fourth-order valence-corrected chi connectivity index (χ4v) is 8.60. The van der Waals surface area contributed by atoms with Crippen LogP contribution in [0.1, 0.15) is 94.2 Å². The molecule has 8 rings (SSSR count). The van der Waals surface area contributed by atoms with E-state index in [9.17, 15) is 18.4 Å². The van der Waals surface area contributed by atoms with Crippen molar-refractivity contribution in [3.05, 3.63) is 35.9 Å². The maximum absolute atomic E-state index is 14.2. The fourth-order valence-electron chi connectivity index (χ4n) is 8.60. The zero-order chi connectivity index (χ0) is 34.8. The molecule has 4 saturated heterocycles. The predicted molar refractivity (Wildman–Crippen MR) is 181 cm³/mol. The zero-order valence-electron chi connectivity index (χ0n) is 29.1. The number of hydrogen-bond acceptors (Lipinski definition) is 9. The number of nitrogens with one attached hydrogen (secondary N) is 1. The molecule has 50 heavy (non-hydrogen) atoms. The second-order valence-electron chi connectivity index (χ2n) is 16.1. The van der Waals surface area contributed by atoms with Crippen molar-refractivity contribution in [2.75, 3.05) is 56.1 Å². The van der Waals surface area contributed by atoms with Crippen LogP contribution in [0.5, 0.6) is 0 Å².